The first-order chi connectivity index (χ1) is 14.2. The number of aromatic nitrogens is 4. The van der Waals surface area contributed by atoms with Gasteiger partial charge in [-0.1, -0.05) is 12.1 Å². The zero-order valence-corrected chi connectivity index (χ0v) is 17.1. The summed E-state index contributed by atoms with van der Waals surface area (Å²) in [7, 11) is 0. The van der Waals surface area contributed by atoms with Crippen molar-refractivity contribution < 1.29 is 19.2 Å². The Morgan fingerprint density at radius 2 is 2.10 bits per heavy atom. The Morgan fingerprint density at radius 3 is 2.70 bits per heavy atom. The summed E-state index contributed by atoms with van der Waals surface area (Å²) in [5, 5.41) is 14.5. The highest BCUT2D eigenvalue weighted by atomic mass is 16.5. The van der Waals surface area contributed by atoms with Crippen LogP contribution in [0.2, 0.25) is 0 Å². The van der Waals surface area contributed by atoms with Crippen LogP contribution >= 0.6 is 0 Å². The molecule has 9 heteroatoms. The van der Waals surface area contributed by atoms with Crippen molar-refractivity contribution in [3.05, 3.63) is 46.0 Å². The van der Waals surface area contributed by atoms with Crippen molar-refractivity contribution in [3.8, 4) is 0 Å². The molecule has 2 fully saturated rings. The number of carboxylic acids is 1. The first-order valence-electron chi connectivity index (χ1n) is 10.2. The molecule has 0 bridgehead atoms. The van der Waals surface area contributed by atoms with Crippen LogP contribution in [0.4, 0.5) is 0 Å². The fourth-order valence-corrected chi connectivity index (χ4v) is 4.98. The normalized spacial score (nSPS) is 28.0. The molecule has 3 aromatic heterocycles. The van der Waals surface area contributed by atoms with Gasteiger partial charge in [0.15, 0.2) is 5.82 Å². The van der Waals surface area contributed by atoms with Gasteiger partial charge in [0, 0.05) is 18.2 Å². The number of carbonyl (C=O) groups is 1. The number of carboxylic acid groups (broad SMARTS) is 1. The molecule has 9 nitrogen and oxygen atoms in total. The minimum absolute atomic E-state index is 0.0738. The van der Waals surface area contributed by atoms with Crippen molar-refractivity contribution in [3.63, 3.8) is 0 Å². The molecule has 4 heterocycles. The van der Waals surface area contributed by atoms with E-state index in [0.29, 0.717) is 30.4 Å². The number of ether oxygens (including phenoxy) is 1. The third-order valence-electron chi connectivity index (χ3n) is 6.57. The Bertz CT molecular complexity index is 1210. The molecule has 1 unspecified atom stereocenters. The van der Waals surface area contributed by atoms with Crippen LogP contribution in [0.5, 0.6) is 0 Å². The lowest BCUT2D eigenvalue weighted by Gasteiger charge is -2.35. The summed E-state index contributed by atoms with van der Waals surface area (Å²) in [6.45, 7) is 6.85. The van der Waals surface area contributed by atoms with Crippen LogP contribution in [0.25, 0.3) is 11.0 Å². The van der Waals surface area contributed by atoms with Crippen LogP contribution in [-0.2, 0) is 10.3 Å². The first-order valence-corrected chi connectivity index (χ1v) is 10.2. The van der Waals surface area contributed by atoms with Crippen molar-refractivity contribution in [1.82, 2.24) is 19.7 Å². The number of rotatable bonds is 4. The van der Waals surface area contributed by atoms with Gasteiger partial charge in [0.05, 0.1) is 5.60 Å². The summed E-state index contributed by atoms with van der Waals surface area (Å²) >= 11 is 0. The monoisotopic (exact) mass is 412 g/mol. The van der Waals surface area contributed by atoms with Crippen molar-refractivity contribution in [2.75, 3.05) is 6.61 Å². The van der Waals surface area contributed by atoms with E-state index in [4.69, 9.17) is 9.26 Å². The second-order valence-electron chi connectivity index (χ2n) is 9.12. The Kier molecular flexibility index (Phi) is 3.99. The summed E-state index contributed by atoms with van der Waals surface area (Å²) in [5.74, 6) is -0.995. The second kappa shape index (κ2) is 6.28. The number of nitrogens with one attached hydrogen (secondary N) is 1. The molecule has 158 valence electrons. The van der Waals surface area contributed by atoms with Gasteiger partial charge in [-0.25, -0.2) is 14.6 Å². The molecule has 2 N–H and O–H groups in total. The van der Waals surface area contributed by atoms with Gasteiger partial charge in [0.25, 0.3) is 0 Å². The lowest BCUT2D eigenvalue weighted by molar-refractivity contribution is -0.0593. The molecule has 1 saturated heterocycles. The van der Waals surface area contributed by atoms with E-state index in [-0.39, 0.29) is 17.2 Å². The first kappa shape index (κ1) is 19.0. The van der Waals surface area contributed by atoms with E-state index >= 15 is 0 Å². The molecular weight excluding hydrogens is 388 g/mol. The van der Waals surface area contributed by atoms with Crippen molar-refractivity contribution in [2.24, 2.45) is 5.92 Å². The molecule has 0 aromatic carbocycles. The van der Waals surface area contributed by atoms with Gasteiger partial charge in [-0.05, 0) is 62.6 Å². The van der Waals surface area contributed by atoms with Crippen LogP contribution in [0.3, 0.4) is 0 Å². The minimum atomic E-state index is -1.05. The number of hydrogen-bond acceptors (Lipinski definition) is 6. The van der Waals surface area contributed by atoms with Crippen LogP contribution in [-0.4, -0.2) is 43.0 Å². The van der Waals surface area contributed by atoms with Crippen LogP contribution in [0.15, 0.2) is 27.6 Å². The second-order valence-corrected chi connectivity index (χ2v) is 9.12. The van der Waals surface area contributed by atoms with E-state index in [1.54, 1.807) is 10.6 Å². The number of fused-ring (bicyclic) bond motifs is 1. The maximum atomic E-state index is 12.1. The summed E-state index contributed by atoms with van der Waals surface area (Å²) in [5.41, 5.74) is 0.797. The number of aromatic amines is 1. The van der Waals surface area contributed by atoms with Gasteiger partial charge in [-0.3, -0.25) is 9.51 Å². The molecule has 2 aliphatic rings. The number of pyridine rings is 1. The molecule has 5 rings (SSSR count). The molecule has 3 aromatic rings. The molecule has 3 atom stereocenters. The lowest BCUT2D eigenvalue weighted by atomic mass is 9.84. The highest BCUT2D eigenvalue weighted by Crippen LogP contribution is 2.55. The molecule has 1 aliphatic carbocycles. The van der Waals surface area contributed by atoms with Crippen molar-refractivity contribution in [1.29, 1.82) is 0 Å². The average molecular weight is 412 g/mol. The van der Waals surface area contributed by atoms with Crippen molar-refractivity contribution >= 4 is 17.0 Å². The highest BCUT2D eigenvalue weighted by molar-refractivity contribution is 5.94. The Balaban J connectivity index is 1.65. The minimum Gasteiger partial charge on any atom is -0.477 e. The van der Waals surface area contributed by atoms with E-state index in [2.05, 4.69) is 29.0 Å². The fraction of sp³-hybridized carbons (Fsp3) is 0.524. The number of aromatic carboxylic acids is 1. The quantitative estimate of drug-likeness (QED) is 0.675. The Hall–Kier alpha value is -2.94. The van der Waals surface area contributed by atoms with E-state index in [1.165, 1.54) is 0 Å². The Labute approximate surface area is 172 Å². The standard InChI is InChI=1S/C21H24N4O5/c1-11-8-21(11,18-23-19(28)30-24-18)25-15(17(26)27)7-13-6-14(10-22-16(13)25)12-4-5-29-20(2,3)9-12/h6-7,10-12H,4-5,8-9H2,1-3H3,(H,26,27)(H,23,24,28)/t11-,12?,21-/m0/s1. The van der Waals surface area contributed by atoms with E-state index in [0.717, 1.165) is 23.8 Å². The lowest BCUT2D eigenvalue weighted by Crippen LogP contribution is -2.33. The summed E-state index contributed by atoms with van der Waals surface area (Å²) in [6, 6.07) is 3.69. The van der Waals surface area contributed by atoms with E-state index in [9.17, 15) is 14.7 Å². The summed E-state index contributed by atoms with van der Waals surface area (Å²) in [4.78, 5) is 31.0. The van der Waals surface area contributed by atoms with Gasteiger partial charge >= 0.3 is 11.7 Å². The van der Waals surface area contributed by atoms with Crippen molar-refractivity contribution in [2.45, 2.75) is 57.1 Å². The predicted octanol–water partition coefficient (Wildman–Crippen LogP) is 2.87. The average Bonchev–Trinajstić information content (AvgIpc) is 3.03. The molecule has 1 saturated carbocycles. The van der Waals surface area contributed by atoms with E-state index < -0.39 is 17.3 Å². The summed E-state index contributed by atoms with van der Waals surface area (Å²) < 4.78 is 12.2. The van der Waals surface area contributed by atoms with Gasteiger partial charge in [0.1, 0.15) is 16.9 Å². The van der Waals surface area contributed by atoms with Gasteiger partial charge < -0.3 is 14.4 Å². The molecular formula is C21H24N4O5. The van der Waals surface area contributed by atoms with E-state index in [1.807, 2.05) is 19.2 Å². The third-order valence-corrected chi connectivity index (χ3v) is 6.57. The fourth-order valence-electron chi connectivity index (χ4n) is 4.98. The van der Waals surface area contributed by atoms with Gasteiger partial charge in [0.2, 0.25) is 0 Å². The molecule has 30 heavy (non-hydrogen) atoms. The number of H-pyrrole nitrogens is 1. The zero-order valence-electron chi connectivity index (χ0n) is 17.1. The molecule has 0 spiro atoms. The highest BCUT2D eigenvalue weighted by Gasteiger charge is 2.59. The molecule has 0 radical (unpaired) electrons. The smallest absolute Gasteiger partial charge is 0.438 e. The van der Waals surface area contributed by atoms with Gasteiger partial charge in [-0.2, -0.15) is 0 Å². The third kappa shape index (κ3) is 2.79. The maximum Gasteiger partial charge on any atom is 0.438 e. The Morgan fingerprint density at radius 1 is 1.33 bits per heavy atom. The maximum absolute atomic E-state index is 12.1. The molecule has 0 amide bonds. The van der Waals surface area contributed by atoms with Crippen LogP contribution in [0.1, 0.15) is 67.8 Å². The van der Waals surface area contributed by atoms with Gasteiger partial charge in [-0.15, -0.1) is 0 Å². The molecule has 1 aliphatic heterocycles. The largest absolute Gasteiger partial charge is 0.477 e. The van der Waals surface area contributed by atoms with Crippen LogP contribution in [0, 0.1) is 5.92 Å². The van der Waals surface area contributed by atoms with Crippen LogP contribution < -0.4 is 5.76 Å². The predicted molar refractivity (Wildman–Crippen MR) is 107 cm³/mol. The zero-order chi connectivity index (χ0) is 21.3. The SMILES string of the molecule is C[C@H]1C[C@]1(c1noc(=O)[nH]1)n1c(C(=O)O)cc2cc(C3CCOC(C)(C)C3)cnc21. The topological polar surface area (TPSA) is 123 Å². The summed E-state index contributed by atoms with van der Waals surface area (Å²) in [6.07, 6.45) is 4.26. The number of hydrogen-bond donors (Lipinski definition) is 2. The number of nitrogens with zero attached hydrogens (tertiary/aromatic N) is 3.